The van der Waals surface area contributed by atoms with Crippen molar-refractivity contribution < 1.29 is 24.2 Å². The summed E-state index contributed by atoms with van der Waals surface area (Å²) in [6.45, 7) is 0.912. The van der Waals surface area contributed by atoms with E-state index in [1.165, 1.54) is 6.07 Å². The van der Waals surface area contributed by atoms with E-state index in [4.69, 9.17) is 20.3 Å². The van der Waals surface area contributed by atoms with Crippen LogP contribution < -0.4 is 20.5 Å². The molecule has 11 heteroatoms. The van der Waals surface area contributed by atoms with Crippen LogP contribution in [0.5, 0.6) is 11.5 Å². The predicted molar refractivity (Wildman–Crippen MR) is 171 cm³/mol. The van der Waals surface area contributed by atoms with Gasteiger partial charge in [0.15, 0.2) is 17.0 Å². The van der Waals surface area contributed by atoms with Crippen LogP contribution in [0.2, 0.25) is 0 Å². The van der Waals surface area contributed by atoms with Gasteiger partial charge in [-0.3, -0.25) is 4.79 Å². The van der Waals surface area contributed by atoms with Crippen molar-refractivity contribution in [2.24, 2.45) is 5.73 Å². The maximum atomic E-state index is 12.2. The normalized spacial score (nSPS) is 10.1. The first kappa shape index (κ1) is 32.0. The molecule has 0 saturated carbocycles. The second-order valence-electron chi connectivity index (χ2n) is 9.31. The van der Waals surface area contributed by atoms with Crippen molar-refractivity contribution in [3.63, 3.8) is 0 Å². The molecule has 228 valence electrons. The van der Waals surface area contributed by atoms with Gasteiger partial charge < -0.3 is 25.6 Å². The van der Waals surface area contributed by atoms with Crippen LogP contribution in [-0.2, 0) is 13.1 Å². The Morgan fingerprint density at radius 3 is 1.73 bits per heavy atom. The van der Waals surface area contributed by atoms with Gasteiger partial charge in [-0.25, -0.2) is 24.7 Å². The summed E-state index contributed by atoms with van der Waals surface area (Å²) < 4.78 is 10.3. The summed E-state index contributed by atoms with van der Waals surface area (Å²) in [5.74, 6) is 0.340. The lowest BCUT2D eigenvalue weighted by Gasteiger charge is -2.09. The number of nitrogens with zero attached hydrogens (tertiary/aromatic N) is 4. The number of hydrogen-bond donors (Lipinski definition) is 3. The molecule has 45 heavy (non-hydrogen) atoms. The average molecular weight is 605 g/mol. The molecule has 0 aliphatic carbocycles. The van der Waals surface area contributed by atoms with Gasteiger partial charge in [-0.05, 0) is 60.7 Å². The topological polar surface area (TPSA) is 162 Å². The Bertz CT molecular complexity index is 1880. The fraction of sp³-hybridized carbons (Fsp3) is 0.118. The minimum Gasteiger partial charge on any atom is -0.496 e. The molecule has 0 radical (unpaired) electrons. The number of nitrogens with one attached hydrogen (secondary N) is 1. The van der Waals surface area contributed by atoms with Crippen LogP contribution in [0.25, 0.3) is 22.1 Å². The average Bonchev–Trinajstić information content (AvgIpc) is 3.10. The highest BCUT2D eigenvalue weighted by Crippen LogP contribution is 2.17. The highest BCUT2D eigenvalue weighted by atomic mass is 16.5. The number of ether oxygens (including phenoxy) is 2. The molecule has 0 saturated heterocycles. The van der Waals surface area contributed by atoms with Crippen LogP contribution in [0.3, 0.4) is 0 Å². The molecule has 0 bridgehead atoms. The van der Waals surface area contributed by atoms with Gasteiger partial charge in [0.2, 0.25) is 0 Å². The maximum absolute atomic E-state index is 12.2. The Labute approximate surface area is 259 Å². The summed E-state index contributed by atoms with van der Waals surface area (Å²) in [5.41, 5.74) is 8.80. The molecule has 11 nitrogen and oxygen atoms in total. The number of carboxylic acids is 1. The van der Waals surface area contributed by atoms with Crippen LogP contribution in [0.15, 0.2) is 109 Å². The number of aromatic nitrogens is 4. The molecular weight excluding hydrogens is 572 g/mol. The monoisotopic (exact) mass is 604 g/mol. The molecule has 4 heterocycles. The van der Waals surface area contributed by atoms with Crippen molar-refractivity contribution in [3.8, 4) is 11.5 Å². The molecule has 1 amide bonds. The van der Waals surface area contributed by atoms with Crippen LogP contribution in [0.4, 0.5) is 0 Å². The minimum absolute atomic E-state index is 0.0196. The lowest BCUT2D eigenvalue weighted by Crippen LogP contribution is -2.24. The standard InChI is InChI=1S/C17H15N3O2.C9H6N2O2.C8H11NO/c1-22-15-7-3-2-5-13(15)11-19-17(21)14-9-8-12-6-4-10-18-16(12)20-14;12-9(13)7-4-3-6-2-1-5-10-8(6)11-7;1-10-8-5-3-2-4-7(8)6-9/h2-10H,11H2,1H3,(H,19,21);1-5H,(H,12,13);2-5H,6,9H2,1H3. The van der Waals surface area contributed by atoms with E-state index in [-0.39, 0.29) is 11.6 Å². The number of methoxy groups -OCH3 is 2. The van der Waals surface area contributed by atoms with Gasteiger partial charge in [0.1, 0.15) is 17.2 Å². The van der Waals surface area contributed by atoms with Gasteiger partial charge >= 0.3 is 5.97 Å². The molecule has 6 rings (SSSR count). The van der Waals surface area contributed by atoms with Gasteiger partial charge in [0, 0.05) is 47.4 Å². The SMILES string of the molecule is COc1ccccc1CN.COc1ccccc1CNC(=O)c1ccc2cccnc2n1.O=C(O)c1ccc2cccnc2n1. The summed E-state index contributed by atoms with van der Waals surface area (Å²) >= 11 is 0. The fourth-order valence-electron chi connectivity index (χ4n) is 4.14. The number of carbonyl (C=O) groups excluding carboxylic acids is 1. The highest BCUT2D eigenvalue weighted by Gasteiger charge is 2.10. The van der Waals surface area contributed by atoms with Gasteiger partial charge in [0.25, 0.3) is 5.91 Å². The summed E-state index contributed by atoms with van der Waals surface area (Å²) in [7, 11) is 3.26. The highest BCUT2D eigenvalue weighted by molar-refractivity contribution is 5.94. The van der Waals surface area contributed by atoms with Crippen molar-refractivity contribution in [2.45, 2.75) is 13.1 Å². The van der Waals surface area contributed by atoms with E-state index in [1.807, 2.05) is 72.8 Å². The number of hydrogen-bond acceptors (Lipinski definition) is 9. The first-order chi connectivity index (χ1) is 21.9. The maximum Gasteiger partial charge on any atom is 0.354 e. The number of rotatable bonds is 7. The Morgan fingerprint density at radius 1 is 0.689 bits per heavy atom. The van der Waals surface area contributed by atoms with Crippen LogP contribution in [0.1, 0.15) is 32.1 Å². The smallest absolute Gasteiger partial charge is 0.354 e. The lowest BCUT2D eigenvalue weighted by atomic mass is 10.2. The molecule has 0 spiro atoms. The molecule has 2 aromatic carbocycles. The molecule has 0 atom stereocenters. The number of aromatic carboxylic acids is 1. The molecule has 4 N–H and O–H groups in total. The Balaban J connectivity index is 0.000000170. The van der Waals surface area contributed by atoms with Crippen molar-refractivity contribution >= 4 is 33.9 Å². The van der Waals surface area contributed by atoms with Crippen molar-refractivity contribution in [1.29, 1.82) is 0 Å². The molecule has 6 aromatic rings. The molecule has 0 aliphatic heterocycles. The van der Waals surface area contributed by atoms with E-state index < -0.39 is 5.97 Å². The molecule has 0 unspecified atom stereocenters. The number of carbonyl (C=O) groups is 2. The molecule has 0 fully saturated rings. The van der Waals surface area contributed by atoms with Gasteiger partial charge in [-0.2, -0.15) is 0 Å². The number of amides is 1. The zero-order chi connectivity index (χ0) is 32.0. The van der Waals surface area contributed by atoms with Crippen LogP contribution in [0, 0.1) is 0 Å². The number of carboxylic acid groups (broad SMARTS) is 1. The number of para-hydroxylation sites is 2. The Morgan fingerprint density at radius 2 is 1.20 bits per heavy atom. The summed E-state index contributed by atoms with van der Waals surface area (Å²) in [6, 6.07) is 29.4. The lowest BCUT2D eigenvalue weighted by molar-refractivity contribution is 0.0690. The number of pyridine rings is 4. The first-order valence-corrected chi connectivity index (χ1v) is 13.8. The van der Waals surface area contributed by atoms with E-state index in [1.54, 1.807) is 44.8 Å². The van der Waals surface area contributed by atoms with E-state index in [0.717, 1.165) is 33.4 Å². The van der Waals surface area contributed by atoms with Crippen molar-refractivity contribution in [3.05, 3.63) is 132 Å². The van der Waals surface area contributed by atoms with Crippen molar-refractivity contribution in [1.82, 2.24) is 25.3 Å². The van der Waals surface area contributed by atoms with Crippen LogP contribution in [-0.4, -0.2) is 51.1 Å². The fourth-order valence-corrected chi connectivity index (χ4v) is 4.14. The third kappa shape index (κ3) is 8.78. The second-order valence-corrected chi connectivity index (χ2v) is 9.31. The summed E-state index contributed by atoms with van der Waals surface area (Å²) in [5, 5.41) is 13.2. The van der Waals surface area contributed by atoms with Gasteiger partial charge in [0.05, 0.1) is 14.2 Å². The largest absolute Gasteiger partial charge is 0.496 e. The number of fused-ring (bicyclic) bond motifs is 2. The van der Waals surface area contributed by atoms with Crippen LogP contribution >= 0.6 is 0 Å². The zero-order valence-electron chi connectivity index (χ0n) is 24.8. The quantitative estimate of drug-likeness (QED) is 0.225. The van der Waals surface area contributed by atoms with Crippen molar-refractivity contribution in [2.75, 3.05) is 14.2 Å². The number of nitrogens with two attached hydrogens (primary N) is 1. The van der Waals surface area contributed by atoms with E-state index in [9.17, 15) is 9.59 Å². The number of benzene rings is 2. The molecule has 4 aromatic heterocycles. The Kier molecular flexibility index (Phi) is 11.4. The molecule has 0 aliphatic rings. The first-order valence-electron chi connectivity index (χ1n) is 13.8. The zero-order valence-corrected chi connectivity index (χ0v) is 24.8. The predicted octanol–water partition coefficient (Wildman–Crippen LogP) is 5.05. The summed E-state index contributed by atoms with van der Waals surface area (Å²) in [6.07, 6.45) is 3.24. The van der Waals surface area contributed by atoms with E-state index in [0.29, 0.717) is 30.1 Å². The summed E-state index contributed by atoms with van der Waals surface area (Å²) in [4.78, 5) is 39.0. The second kappa shape index (κ2) is 16.1. The van der Waals surface area contributed by atoms with E-state index in [2.05, 4.69) is 25.3 Å². The Hall–Kier alpha value is -5.94. The van der Waals surface area contributed by atoms with E-state index >= 15 is 0 Å². The molecular formula is C34H32N6O5. The van der Waals surface area contributed by atoms with Gasteiger partial charge in [-0.1, -0.05) is 36.4 Å². The third-order valence-corrected chi connectivity index (χ3v) is 6.42. The van der Waals surface area contributed by atoms with Gasteiger partial charge in [-0.15, -0.1) is 0 Å². The minimum atomic E-state index is -1.03. The third-order valence-electron chi connectivity index (χ3n) is 6.42.